The minimum absolute atomic E-state index is 0.0250. The van der Waals surface area contributed by atoms with Gasteiger partial charge in [-0.3, -0.25) is 4.79 Å². The highest BCUT2D eigenvalue weighted by Crippen LogP contribution is 2.33. The van der Waals surface area contributed by atoms with E-state index in [1.165, 1.54) is 18.2 Å². The fourth-order valence-electron chi connectivity index (χ4n) is 2.36. The number of phenols is 1. The number of phenolic OH excluding ortho intramolecular Hbond substituents is 1. The van der Waals surface area contributed by atoms with E-state index in [2.05, 4.69) is 5.32 Å². The Balaban J connectivity index is 2.33. The molecule has 128 valence electrons. The predicted octanol–water partition coefficient (Wildman–Crippen LogP) is 3.68. The second-order valence-corrected chi connectivity index (χ2v) is 5.73. The third-order valence-corrected chi connectivity index (χ3v) is 3.94. The summed E-state index contributed by atoms with van der Waals surface area (Å²) in [7, 11) is 0. The van der Waals surface area contributed by atoms with Crippen molar-refractivity contribution in [2.24, 2.45) is 0 Å². The molecule has 1 atom stereocenters. The molecule has 1 amide bonds. The van der Waals surface area contributed by atoms with E-state index in [-0.39, 0.29) is 12.2 Å². The number of rotatable bonds is 6. The molecule has 0 aliphatic heterocycles. The molecule has 0 spiro atoms. The Morgan fingerprint density at radius 3 is 2.62 bits per heavy atom. The number of hydrogen-bond donors (Lipinski definition) is 3. The van der Waals surface area contributed by atoms with E-state index in [1.54, 1.807) is 38.1 Å². The van der Waals surface area contributed by atoms with Crippen LogP contribution in [0.5, 0.6) is 11.5 Å². The second kappa shape index (κ2) is 7.55. The third-order valence-electron chi connectivity index (χ3n) is 3.70. The first-order chi connectivity index (χ1) is 11.4. The van der Waals surface area contributed by atoms with E-state index < -0.39 is 11.5 Å². The number of carbonyl (C=O) groups excluding carboxylic acids is 1. The Hall–Kier alpha value is -2.24. The van der Waals surface area contributed by atoms with E-state index >= 15 is 0 Å². The zero-order valence-corrected chi connectivity index (χ0v) is 14.3. The standard InChI is InChI=1S/C18H20ClNO4/c1-3-18(23,12-6-5-7-13(19)10-12)17(22)20-15-9-8-14(21)11-16(15)24-4-2/h5-11,21,23H,3-4H2,1-2H3,(H,20,22)/t18-/m0/s1. The average Bonchev–Trinajstić information content (AvgIpc) is 2.56. The summed E-state index contributed by atoms with van der Waals surface area (Å²) in [6, 6.07) is 10.9. The van der Waals surface area contributed by atoms with Gasteiger partial charge in [-0.05, 0) is 43.2 Å². The number of nitrogens with one attached hydrogen (secondary N) is 1. The molecular weight excluding hydrogens is 330 g/mol. The molecule has 0 aromatic heterocycles. The number of aliphatic hydroxyl groups is 1. The number of halogens is 1. The number of ether oxygens (including phenoxy) is 1. The van der Waals surface area contributed by atoms with Crippen molar-refractivity contribution in [3.63, 3.8) is 0 Å². The van der Waals surface area contributed by atoms with Gasteiger partial charge in [0.2, 0.25) is 0 Å². The van der Waals surface area contributed by atoms with Crippen molar-refractivity contribution in [2.75, 3.05) is 11.9 Å². The normalized spacial score (nSPS) is 13.2. The molecule has 0 unspecified atom stereocenters. The lowest BCUT2D eigenvalue weighted by Crippen LogP contribution is -2.39. The van der Waals surface area contributed by atoms with Gasteiger partial charge in [0, 0.05) is 11.1 Å². The summed E-state index contributed by atoms with van der Waals surface area (Å²) >= 11 is 5.97. The SMILES string of the molecule is CCOc1cc(O)ccc1NC(=O)[C@](O)(CC)c1cccc(Cl)c1. The van der Waals surface area contributed by atoms with Crippen LogP contribution in [0, 0.1) is 0 Å². The van der Waals surface area contributed by atoms with E-state index in [9.17, 15) is 15.0 Å². The zero-order chi connectivity index (χ0) is 17.7. The molecule has 0 fully saturated rings. The molecule has 0 aliphatic carbocycles. The van der Waals surface area contributed by atoms with Crippen molar-refractivity contribution < 1.29 is 19.7 Å². The number of anilines is 1. The fraction of sp³-hybridized carbons (Fsp3) is 0.278. The molecule has 0 saturated heterocycles. The van der Waals surface area contributed by atoms with Crippen molar-refractivity contribution in [1.29, 1.82) is 0 Å². The smallest absolute Gasteiger partial charge is 0.261 e. The maximum absolute atomic E-state index is 12.7. The highest BCUT2D eigenvalue weighted by molar-refractivity contribution is 6.30. The summed E-state index contributed by atoms with van der Waals surface area (Å²) in [5, 5.41) is 23.5. The Kier molecular flexibility index (Phi) is 5.70. The van der Waals surface area contributed by atoms with Crippen LogP contribution in [0.15, 0.2) is 42.5 Å². The summed E-state index contributed by atoms with van der Waals surface area (Å²) < 4.78 is 5.41. The van der Waals surface area contributed by atoms with Gasteiger partial charge in [-0.25, -0.2) is 0 Å². The van der Waals surface area contributed by atoms with Crippen LogP contribution < -0.4 is 10.1 Å². The molecule has 0 heterocycles. The third kappa shape index (κ3) is 3.80. The maximum atomic E-state index is 12.7. The Morgan fingerprint density at radius 1 is 1.25 bits per heavy atom. The van der Waals surface area contributed by atoms with E-state index in [0.29, 0.717) is 28.6 Å². The molecule has 3 N–H and O–H groups in total. The van der Waals surface area contributed by atoms with E-state index in [1.807, 2.05) is 0 Å². The lowest BCUT2D eigenvalue weighted by Gasteiger charge is -2.26. The Labute approximate surface area is 145 Å². The highest BCUT2D eigenvalue weighted by atomic mass is 35.5. The first-order valence-electron chi connectivity index (χ1n) is 7.66. The molecule has 2 aromatic rings. The second-order valence-electron chi connectivity index (χ2n) is 5.29. The number of aromatic hydroxyl groups is 1. The van der Waals surface area contributed by atoms with Gasteiger partial charge in [-0.1, -0.05) is 30.7 Å². The number of benzene rings is 2. The summed E-state index contributed by atoms with van der Waals surface area (Å²) in [5.74, 6) is -0.244. The molecule has 5 nitrogen and oxygen atoms in total. The Bertz CT molecular complexity index is 735. The molecule has 0 radical (unpaired) electrons. The molecule has 0 bridgehead atoms. The first kappa shape index (κ1) is 18.1. The van der Waals surface area contributed by atoms with Crippen LogP contribution in [0.4, 0.5) is 5.69 Å². The van der Waals surface area contributed by atoms with Crippen LogP contribution >= 0.6 is 11.6 Å². The van der Waals surface area contributed by atoms with Crippen LogP contribution in [0.25, 0.3) is 0 Å². The van der Waals surface area contributed by atoms with Gasteiger partial charge < -0.3 is 20.3 Å². The van der Waals surface area contributed by atoms with Crippen molar-refractivity contribution in [3.8, 4) is 11.5 Å². The lowest BCUT2D eigenvalue weighted by atomic mass is 9.90. The van der Waals surface area contributed by atoms with E-state index in [0.717, 1.165) is 0 Å². The van der Waals surface area contributed by atoms with Gasteiger partial charge in [0.15, 0.2) is 5.60 Å². The quantitative estimate of drug-likeness (QED) is 0.695. The van der Waals surface area contributed by atoms with Crippen molar-refractivity contribution in [2.45, 2.75) is 25.9 Å². The molecule has 2 rings (SSSR count). The molecule has 24 heavy (non-hydrogen) atoms. The maximum Gasteiger partial charge on any atom is 0.261 e. The molecule has 2 aromatic carbocycles. The summed E-state index contributed by atoms with van der Waals surface area (Å²) in [4.78, 5) is 12.7. The van der Waals surface area contributed by atoms with Crippen LogP contribution in [0.3, 0.4) is 0 Å². The largest absolute Gasteiger partial charge is 0.508 e. The minimum Gasteiger partial charge on any atom is -0.508 e. The van der Waals surface area contributed by atoms with Crippen molar-refractivity contribution in [1.82, 2.24) is 0 Å². The van der Waals surface area contributed by atoms with Crippen LogP contribution in [-0.4, -0.2) is 22.7 Å². The first-order valence-corrected chi connectivity index (χ1v) is 8.04. The van der Waals surface area contributed by atoms with Gasteiger partial charge in [0.05, 0.1) is 12.3 Å². The fourth-order valence-corrected chi connectivity index (χ4v) is 2.55. The monoisotopic (exact) mass is 349 g/mol. The molecule has 0 saturated carbocycles. The predicted molar refractivity (Wildman–Crippen MR) is 93.5 cm³/mol. The van der Waals surface area contributed by atoms with Gasteiger partial charge in [0.25, 0.3) is 5.91 Å². The summed E-state index contributed by atoms with van der Waals surface area (Å²) in [5.41, 5.74) is -0.952. The summed E-state index contributed by atoms with van der Waals surface area (Å²) in [6.45, 7) is 3.88. The lowest BCUT2D eigenvalue weighted by molar-refractivity contribution is -0.135. The summed E-state index contributed by atoms with van der Waals surface area (Å²) in [6.07, 6.45) is 0.168. The minimum atomic E-state index is -1.73. The van der Waals surface area contributed by atoms with E-state index in [4.69, 9.17) is 16.3 Å². The molecule has 0 aliphatic rings. The molecular formula is C18H20ClNO4. The number of amides is 1. The van der Waals surface area contributed by atoms with Crippen LogP contribution in [0.1, 0.15) is 25.8 Å². The van der Waals surface area contributed by atoms with Crippen molar-refractivity contribution >= 4 is 23.2 Å². The number of hydrogen-bond acceptors (Lipinski definition) is 4. The van der Waals surface area contributed by atoms with Gasteiger partial charge >= 0.3 is 0 Å². The Morgan fingerprint density at radius 2 is 2.00 bits per heavy atom. The average molecular weight is 350 g/mol. The van der Waals surface area contributed by atoms with Gasteiger partial charge in [0.1, 0.15) is 11.5 Å². The van der Waals surface area contributed by atoms with Gasteiger partial charge in [-0.15, -0.1) is 0 Å². The molecule has 6 heteroatoms. The topological polar surface area (TPSA) is 78.8 Å². The highest BCUT2D eigenvalue weighted by Gasteiger charge is 2.36. The zero-order valence-electron chi connectivity index (χ0n) is 13.5. The van der Waals surface area contributed by atoms with Crippen LogP contribution in [0.2, 0.25) is 5.02 Å². The number of carbonyl (C=O) groups is 1. The van der Waals surface area contributed by atoms with Crippen LogP contribution in [-0.2, 0) is 10.4 Å². The van der Waals surface area contributed by atoms with Crippen molar-refractivity contribution in [3.05, 3.63) is 53.1 Å². The van der Waals surface area contributed by atoms with Gasteiger partial charge in [-0.2, -0.15) is 0 Å².